The van der Waals surface area contributed by atoms with E-state index in [1.54, 1.807) is 26.0 Å². The van der Waals surface area contributed by atoms with Crippen molar-refractivity contribution in [3.8, 4) is 11.5 Å². The van der Waals surface area contributed by atoms with Crippen molar-refractivity contribution in [2.75, 3.05) is 31.8 Å². The molecule has 2 amide bonds. The standard InChI is InChI=1S/C21H26N2O3S/c1-14(2)15-8-10-16(11-9-15)22-21(24)23-12-13-27-20(23)17-6-5-7-18(25-3)19(17)26-4/h5-11,14,20H,12-13H2,1-4H3,(H,22,24). The Kier molecular flexibility index (Phi) is 6.16. The molecule has 1 saturated heterocycles. The monoisotopic (exact) mass is 386 g/mol. The zero-order valence-corrected chi connectivity index (χ0v) is 17.0. The molecule has 0 aliphatic carbocycles. The lowest BCUT2D eigenvalue weighted by Gasteiger charge is -2.26. The maximum atomic E-state index is 12.9. The SMILES string of the molecule is COc1cccc(C2SCCN2C(=O)Nc2ccc(C(C)C)cc2)c1OC. The second kappa shape index (κ2) is 8.57. The summed E-state index contributed by atoms with van der Waals surface area (Å²) in [6, 6.07) is 13.7. The van der Waals surface area contributed by atoms with Gasteiger partial charge in [-0.3, -0.25) is 0 Å². The Labute approximate surface area is 165 Å². The zero-order valence-electron chi connectivity index (χ0n) is 16.2. The minimum Gasteiger partial charge on any atom is -0.493 e. The number of thioether (sulfide) groups is 1. The van der Waals surface area contributed by atoms with Crippen LogP contribution in [-0.4, -0.2) is 37.4 Å². The number of amides is 2. The van der Waals surface area contributed by atoms with Gasteiger partial charge in [-0.2, -0.15) is 0 Å². The summed E-state index contributed by atoms with van der Waals surface area (Å²) in [5, 5.41) is 2.91. The molecule has 144 valence electrons. The Morgan fingerprint density at radius 2 is 1.89 bits per heavy atom. The number of anilines is 1. The van der Waals surface area contributed by atoms with E-state index < -0.39 is 0 Å². The normalized spacial score (nSPS) is 16.5. The van der Waals surface area contributed by atoms with Gasteiger partial charge in [0, 0.05) is 23.5 Å². The molecule has 1 aliphatic heterocycles. The minimum atomic E-state index is -0.106. The molecule has 1 fully saturated rings. The van der Waals surface area contributed by atoms with Crippen molar-refractivity contribution in [3.05, 3.63) is 53.6 Å². The Bertz CT molecular complexity index is 793. The lowest BCUT2D eigenvalue weighted by atomic mass is 10.0. The molecular formula is C21H26N2O3S. The number of hydrogen-bond acceptors (Lipinski definition) is 4. The molecule has 2 aromatic rings. The van der Waals surface area contributed by atoms with Gasteiger partial charge >= 0.3 is 6.03 Å². The first kappa shape index (κ1) is 19.4. The van der Waals surface area contributed by atoms with Crippen LogP contribution >= 0.6 is 11.8 Å². The van der Waals surface area contributed by atoms with E-state index in [-0.39, 0.29) is 11.4 Å². The van der Waals surface area contributed by atoms with E-state index in [0.717, 1.165) is 17.0 Å². The Hall–Kier alpha value is -2.34. The van der Waals surface area contributed by atoms with Gasteiger partial charge in [-0.05, 0) is 29.7 Å². The van der Waals surface area contributed by atoms with Crippen LogP contribution in [0.3, 0.4) is 0 Å². The van der Waals surface area contributed by atoms with E-state index >= 15 is 0 Å². The third-order valence-corrected chi connectivity index (χ3v) is 5.92. The molecule has 0 saturated carbocycles. The van der Waals surface area contributed by atoms with Crippen molar-refractivity contribution in [3.63, 3.8) is 0 Å². The van der Waals surface area contributed by atoms with Crippen molar-refractivity contribution < 1.29 is 14.3 Å². The van der Waals surface area contributed by atoms with Gasteiger partial charge in [0.05, 0.1) is 14.2 Å². The van der Waals surface area contributed by atoms with Crippen LogP contribution in [0, 0.1) is 0 Å². The molecule has 27 heavy (non-hydrogen) atoms. The van der Waals surface area contributed by atoms with Gasteiger partial charge in [-0.25, -0.2) is 4.79 Å². The molecule has 1 aliphatic rings. The Balaban J connectivity index is 1.79. The van der Waals surface area contributed by atoms with Gasteiger partial charge in [0.15, 0.2) is 11.5 Å². The van der Waals surface area contributed by atoms with E-state index in [1.807, 2.05) is 35.2 Å². The van der Waals surface area contributed by atoms with Crippen LogP contribution < -0.4 is 14.8 Å². The van der Waals surface area contributed by atoms with Crippen LogP contribution in [0.25, 0.3) is 0 Å². The summed E-state index contributed by atoms with van der Waals surface area (Å²) in [6.07, 6.45) is 0. The number of nitrogens with one attached hydrogen (secondary N) is 1. The number of methoxy groups -OCH3 is 2. The summed E-state index contributed by atoms with van der Waals surface area (Å²) < 4.78 is 11.0. The third kappa shape index (κ3) is 4.16. The van der Waals surface area contributed by atoms with Gasteiger partial charge in [0.2, 0.25) is 0 Å². The first-order valence-corrected chi connectivity index (χ1v) is 10.1. The number of rotatable bonds is 5. The molecule has 1 N–H and O–H groups in total. The molecule has 3 rings (SSSR count). The molecule has 0 radical (unpaired) electrons. The average Bonchev–Trinajstić information content (AvgIpc) is 3.17. The zero-order chi connectivity index (χ0) is 19.4. The largest absolute Gasteiger partial charge is 0.493 e. The fourth-order valence-electron chi connectivity index (χ4n) is 3.19. The van der Waals surface area contributed by atoms with E-state index in [2.05, 4.69) is 31.3 Å². The highest BCUT2D eigenvalue weighted by molar-refractivity contribution is 7.99. The van der Waals surface area contributed by atoms with Crippen LogP contribution in [0.15, 0.2) is 42.5 Å². The van der Waals surface area contributed by atoms with Crippen LogP contribution in [-0.2, 0) is 0 Å². The molecule has 1 heterocycles. The number of benzene rings is 2. The fourth-order valence-corrected chi connectivity index (χ4v) is 4.46. The fraction of sp³-hybridized carbons (Fsp3) is 0.381. The number of urea groups is 1. The number of nitrogens with zero attached hydrogens (tertiary/aromatic N) is 1. The summed E-state index contributed by atoms with van der Waals surface area (Å²) in [7, 11) is 3.25. The predicted molar refractivity (Wildman–Crippen MR) is 111 cm³/mol. The van der Waals surface area contributed by atoms with Gasteiger partial charge in [0.25, 0.3) is 0 Å². The number of para-hydroxylation sites is 1. The topological polar surface area (TPSA) is 50.8 Å². The summed E-state index contributed by atoms with van der Waals surface area (Å²) in [6.45, 7) is 4.99. The minimum absolute atomic E-state index is 0.104. The number of ether oxygens (including phenoxy) is 2. The predicted octanol–water partition coefficient (Wildman–Crippen LogP) is 5.11. The Morgan fingerprint density at radius 1 is 1.15 bits per heavy atom. The van der Waals surface area contributed by atoms with E-state index in [0.29, 0.717) is 24.0 Å². The molecule has 1 unspecified atom stereocenters. The Morgan fingerprint density at radius 3 is 2.52 bits per heavy atom. The molecular weight excluding hydrogens is 360 g/mol. The number of carbonyl (C=O) groups excluding carboxylic acids is 1. The highest BCUT2D eigenvalue weighted by Gasteiger charge is 2.33. The van der Waals surface area contributed by atoms with Crippen molar-refractivity contribution in [2.24, 2.45) is 0 Å². The molecule has 0 aromatic heterocycles. The van der Waals surface area contributed by atoms with Crippen LogP contribution in [0.5, 0.6) is 11.5 Å². The highest BCUT2D eigenvalue weighted by atomic mass is 32.2. The lowest BCUT2D eigenvalue weighted by Crippen LogP contribution is -2.34. The van der Waals surface area contributed by atoms with Crippen molar-refractivity contribution in [2.45, 2.75) is 25.1 Å². The first-order valence-electron chi connectivity index (χ1n) is 9.05. The molecule has 1 atom stereocenters. The second-order valence-corrected chi connectivity index (χ2v) is 7.89. The third-order valence-electron chi connectivity index (χ3n) is 4.68. The maximum absolute atomic E-state index is 12.9. The molecule has 2 aromatic carbocycles. The van der Waals surface area contributed by atoms with E-state index in [1.165, 1.54) is 5.56 Å². The van der Waals surface area contributed by atoms with Gasteiger partial charge in [0.1, 0.15) is 5.37 Å². The van der Waals surface area contributed by atoms with Crippen LogP contribution in [0.2, 0.25) is 0 Å². The van der Waals surface area contributed by atoms with Crippen molar-refractivity contribution >= 4 is 23.5 Å². The summed E-state index contributed by atoms with van der Waals surface area (Å²) in [5.41, 5.74) is 3.01. The van der Waals surface area contributed by atoms with Crippen LogP contribution in [0.1, 0.15) is 36.3 Å². The molecule has 0 bridgehead atoms. The van der Waals surface area contributed by atoms with Crippen molar-refractivity contribution in [1.82, 2.24) is 4.90 Å². The van der Waals surface area contributed by atoms with Gasteiger partial charge in [-0.15, -0.1) is 11.8 Å². The summed E-state index contributed by atoms with van der Waals surface area (Å²) in [4.78, 5) is 14.7. The van der Waals surface area contributed by atoms with Gasteiger partial charge in [-0.1, -0.05) is 38.1 Å². The summed E-state index contributed by atoms with van der Waals surface area (Å²) >= 11 is 1.73. The first-order chi connectivity index (χ1) is 13.0. The van der Waals surface area contributed by atoms with E-state index in [9.17, 15) is 4.79 Å². The smallest absolute Gasteiger partial charge is 0.323 e. The van der Waals surface area contributed by atoms with E-state index in [4.69, 9.17) is 9.47 Å². The lowest BCUT2D eigenvalue weighted by molar-refractivity contribution is 0.213. The maximum Gasteiger partial charge on any atom is 0.323 e. The molecule has 0 spiro atoms. The molecule has 6 heteroatoms. The quantitative estimate of drug-likeness (QED) is 0.776. The van der Waals surface area contributed by atoms with Crippen molar-refractivity contribution in [1.29, 1.82) is 0 Å². The number of hydrogen-bond donors (Lipinski definition) is 1. The molecule has 5 nitrogen and oxygen atoms in total. The second-order valence-electron chi connectivity index (χ2n) is 6.71. The summed E-state index contributed by atoms with van der Waals surface area (Å²) in [5.74, 6) is 2.70. The average molecular weight is 387 g/mol. The highest BCUT2D eigenvalue weighted by Crippen LogP contribution is 2.45. The van der Waals surface area contributed by atoms with Gasteiger partial charge < -0.3 is 19.7 Å². The number of carbonyl (C=O) groups is 1. The van der Waals surface area contributed by atoms with Crippen LogP contribution in [0.4, 0.5) is 10.5 Å².